The van der Waals surface area contributed by atoms with Crippen molar-refractivity contribution in [3.8, 4) is 17.0 Å². The van der Waals surface area contributed by atoms with E-state index >= 15 is 0 Å². The highest BCUT2D eigenvalue weighted by molar-refractivity contribution is 7.98. The fourth-order valence-electron chi connectivity index (χ4n) is 2.23. The molecule has 3 aromatic rings. The van der Waals surface area contributed by atoms with Crippen molar-refractivity contribution in [2.75, 3.05) is 18.7 Å². The van der Waals surface area contributed by atoms with Crippen molar-refractivity contribution >= 4 is 23.4 Å². The van der Waals surface area contributed by atoms with Crippen molar-refractivity contribution in [2.24, 2.45) is 0 Å². The molecule has 0 aliphatic heterocycles. The molecule has 0 atom stereocenters. The molecule has 0 unspecified atom stereocenters. The van der Waals surface area contributed by atoms with Crippen molar-refractivity contribution in [3.05, 3.63) is 54.2 Å². The average Bonchev–Trinajstić information content (AvgIpc) is 3.12. The molecule has 2 N–H and O–H groups in total. The highest BCUT2D eigenvalue weighted by atomic mass is 32.2. The topological polar surface area (TPSA) is 79.9 Å². The molecule has 0 aliphatic carbocycles. The number of nitrogens with one attached hydrogen (secondary N) is 2. The summed E-state index contributed by atoms with van der Waals surface area (Å²) in [6.45, 7) is 0. The van der Waals surface area contributed by atoms with Gasteiger partial charge in [-0.3, -0.25) is 4.79 Å². The van der Waals surface area contributed by atoms with Crippen LogP contribution in [0.5, 0.6) is 5.75 Å². The highest BCUT2D eigenvalue weighted by Gasteiger charge is 2.18. The number of benzene rings is 2. The SMILES string of the molecule is COc1ccc(-c2n[nH]nc2C(=O)Nc2cccc(SC)c2)cc1. The number of aromatic nitrogens is 3. The van der Waals surface area contributed by atoms with Crippen molar-refractivity contribution in [2.45, 2.75) is 4.90 Å². The van der Waals surface area contributed by atoms with Crippen molar-refractivity contribution in [3.63, 3.8) is 0 Å². The zero-order chi connectivity index (χ0) is 16.9. The third-order valence-corrected chi connectivity index (χ3v) is 4.18. The standard InChI is InChI=1S/C17H16N4O2S/c1-23-13-8-6-11(7-9-13)15-16(20-21-19-15)17(22)18-12-4-3-5-14(10-12)24-2/h3-10H,1-2H3,(H,18,22)(H,19,20,21). The summed E-state index contributed by atoms with van der Waals surface area (Å²) < 4.78 is 5.14. The first-order valence-corrected chi connectivity index (χ1v) is 8.44. The van der Waals surface area contributed by atoms with Crippen LogP contribution in [0.4, 0.5) is 5.69 Å². The summed E-state index contributed by atoms with van der Waals surface area (Å²) in [5, 5.41) is 13.5. The van der Waals surface area contributed by atoms with Crippen LogP contribution in [0.2, 0.25) is 0 Å². The first-order chi connectivity index (χ1) is 11.7. The largest absolute Gasteiger partial charge is 0.497 e. The third-order valence-electron chi connectivity index (χ3n) is 3.45. The summed E-state index contributed by atoms with van der Waals surface area (Å²) in [7, 11) is 1.60. The fraction of sp³-hybridized carbons (Fsp3) is 0.118. The Morgan fingerprint density at radius 1 is 1.17 bits per heavy atom. The predicted molar refractivity (Wildman–Crippen MR) is 94.5 cm³/mol. The minimum Gasteiger partial charge on any atom is -0.497 e. The molecule has 0 saturated heterocycles. The van der Waals surface area contributed by atoms with Gasteiger partial charge < -0.3 is 10.1 Å². The Labute approximate surface area is 143 Å². The number of methoxy groups -OCH3 is 1. The number of thioether (sulfide) groups is 1. The number of aromatic amines is 1. The Hall–Kier alpha value is -2.80. The van der Waals surface area contributed by atoms with Crippen LogP contribution in [-0.2, 0) is 0 Å². The van der Waals surface area contributed by atoms with E-state index in [0.29, 0.717) is 5.69 Å². The number of anilines is 1. The Kier molecular flexibility index (Phi) is 4.81. The van der Waals surface area contributed by atoms with E-state index in [1.165, 1.54) is 0 Å². The predicted octanol–water partition coefficient (Wildman–Crippen LogP) is 3.45. The van der Waals surface area contributed by atoms with E-state index in [9.17, 15) is 4.79 Å². The lowest BCUT2D eigenvalue weighted by Gasteiger charge is -2.06. The van der Waals surface area contributed by atoms with Crippen molar-refractivity contribution in [1.82, 2.24) is 15.4 Å². The van der Waals surface area contributed by atoms with Gasteiger partial charge in [-0.25, -0.2) is 0 Å². The molecule has 0 bridgehead atoms. The number of carbonyl (C=O) groups excluding carboxylic acids is 1. The van der Waals surface area contributed by atoms with Gasteiger partial charge in [-0.05, 0) is 48.7 Å². The molecule has 0 fully saturated rings. The first kappa shape index (κ1) is 16.1. The molecule has 1 heterocycles. The van der Waals surface area contributed by atoms with Gasteiger partial charge in [0, 0.05) is 16.1 Å². The fourth-order valence-corrected chi connectivity index (χ4v) is 2.69. The minimum absolute atomic E-state index is 0.245. The number of nitrogens with zero attached hydrogens (tertiary/aromatic N) is 2. The molecule has 24 heavy (non-hydrogen) atoms. The van der Waals surface area contributed by atoms with Crippen molar-refractivity contribution < 1.29 is 9.53 Å². The van der Waals surface area contributed by atoms with Gasteiger partial charge >= 0.3 is 0 Å². The van der Waals surface area contributed by atoms with Gasteiger partial charge in [0.2, 0.25) is 0 Å². The van der Waals surface area contributed by atoms with Gasteiger partial charge in [0.05, 0.1) is 7.11 Å². The smallest absolute Gasteiger partial charge is 0.278 e. The van der Waals surface area contributed by atoms with E-state index < -0.39 is 0 Å². The van der Waals surface area contributed by atoms with Crippen LogP contribution in [0.15, 0.2) is 53.4 Å². The minimum atomic E-state index is -0.312. The second-order valence-corrected chi connectivity index (χ2v) is 5.82. The Morgan fingerprint density at radius 2 is 1.96 bits per heavy atom. The van der Waals surface area contributed by atoms with E-state index in [0.717, 1.165) is 21.9 Å². The average molecular weight is 340 g/mol. The van der Waals surface area contributed by atoms with Crippen LogP contribution in [0.25, 0.3) is 11.3 Å². The Bertz CT molecular complexity index is 846. The number of hydrogen-bond acceptors (Lipinski definition) is 5. The molecule has 1 aromatic heterocycles. The summed E-state index contributed by atoms with van der Waals surface area (Å²) in [5.41, 5.74) is 2.24. The zero-order valence-corrected chi connectivity index (χ0v) is 14.1. The van der Waals surface area contributed by atoms with Crippen LogP contribution >= 0.6 is 11.8 Å². The van der Waals surface area contributed by atoms with E-state index in [-0.39, 0.29) is 11.6 Å². The normalized spacial score (nSPS) is 10.4. The molecule has 0 radical (unpaired) electrons. The molecular formula is C17H16N4O2S. The molecule has 1 amide bonds. The van der Waals surface area contributed by atoms with Crippen LogP contribution < -0.4 is 10.1 Å². The summed E-state index contributed by atoms with van der Waals surface area (Å²) >= 11 is 1.61. The van der Waals surface area contributed by atoms with Crippen LogP contribution in [0, 0.1) is 0 Å². The first-order valence-electron chi connectivity index (χ1n) is 7.22. The molecule has 2 aromatic carbocycles. The molecule has 0 aliphatic rings. The van der Waals surface area contributed by atoms with Gasteiger partial charge in [0.25, 0.3) is 5.91 Å². The lowest BCUT2D eigenvalue weighted by atomic mass is 10.1. The molecule has 0 saturated carbocycles. The monoisotopic (exact) mass is 340 g/mol. The van der Waals surface area contributed by atoms with E-state index in [1.807, 2.05) is 54.8 Å². The lowest BCUT2D eigenvalue weighted by molar-refractivity contribution is 0.102. The van der Waals surface area contributed by atoms with Crippen molar-refractivity contribution in [1.29, 1.82) is 0 Å². The van der Waals surface area contributed by atoms with Crippen LogP contribution in [0.3, 0.4) is 0 Å². The second kappa shape index (κ2) is 7.18. The van der Waals surface area contributed by atoms with Gasteiger partial charge in [0.15, 0.2) is 5.69 Å². The maximum absolute atomic E-state index is 12.5. The van der Waals surface area contributed by atoms with Gasteiger partial charge in [-0.15, -0.1) is 11.8 Å². The van der Waals surface area contributed by atoms with Crippen LogP contribution in [-0.4, -0.2) is 34.7 Å². The lowest BCUT2D eigenvalue weighted by Crippen LogP contribution is -2.13. The maximum Gasteiger partial charge on any atom is 0.278 e. The van der Waals surface area contributed by atoms with Crippen LogP contribution in [0.1, 0.15) is 10.5 Å². The highest BCUT2D eigenvalue weighted by Crippen LogP contribution is 2.24. The number of hydrogen-bond donors (Lipinski definition) is 2. The summed E-state index contributed by atoms with van der Waals surface area (Å²) in [5.74, 6) is 0.426. The molecule has 3 rings (SSSR count). The van der Waals surface area contributed by atoms with Gasteiger partial charge in [-0.1, -0.05) is 6.07 Å². The second-order valence-electron chi connectivity index (χ2n) is 4.94. The number of carbonyl (C=O) groups is 1. The zero-order valence-electron chi connectivity index (χ0n) is 13.2. The van der Waals surface area contributed by atoms with E-state index in [2.05, 4.69) is 20.7 Å². The van der Waals surface area contributed by atoms with E-state index in [4.69, 9.17) is 4.74 Å². The summed E-state index contributed by atoms with van der Waals surface area (Å²) in [4.78, 5) is 13.6. The molecule has 0 spiro atoms. The molecular weight excluding hydrogens is 324 g/mol. The quantitative estimate of drug-likeness (QED) is 0.695. The molecule has 7 heteroatoms. The Morgan fingerprint density at radius 3 is 2.67 bits per heavy atom. The van der Waals surface area contributed by atoms with Gasteiger partial charge in [0.1, 0.15) is 11.4 Å². The summed E-state index contributed by atoms with van der Waals surface area (Å²) in [6.07, 6.45) is 1.99. The number of H-pyrrole nitrogens is 1. The molecule has 6 nitrogen and oxygen atoms in total. The maximum atomic E-state index is 12.5. The number of ether oxygens (including phenoxy) is 1. The van der Waals surface area contributed by atoms with E-state index in [1.54, 1.807) is 18.9 Å². The Balaban J connectivity index is 1.84. The number of rotatable bonds is 5. The summed E-state index contributed by atoms with van der Waals surface area (Å²) in [6, 6.07) is 14.9. The molecule has 122 valence electrons. The van der Waals surface area contributed by atoms with Gasteiger partial charge in [-0.2, -0.15) is 15.4 Å². The number of amides is 1. The third kappa shape index (κ3) is 3.41.